The predicted molar refractivity (Wildman–Crippen MR) is 189 cm³/mol. The number of benzene rings is 2. The molecule has 3 aliphatic rings. The van der Waals surface area contributed by atoms with Crippen molar-refractivity contribution in [2.24, 2.45) is 0 Å². The second kappa shape index (κ2) is 14.9. The SMILES string of the molecule is CCCN1CCN(C2CCN(C3(c4cccnc4OCC)C(=O)N(S(=O)(=O)c4ccc(OC)cc4OCC)c4ccc(C#N)cc43)CC2)CC1. The Balaban J connectivity index is 1.48. The molecule has 1 amide bonds. The molecule has 3 aliphatic heterocycles. The van der Waals surface area contributed by atoms with Gasteiger partial charge in [-0.15, -0.1) is 0 Å². The van der Waals surface area contributed by atoms with Gasteiger partial charge in [0.05, 0.1) is 37.6 Å². The molecular weight excluding hydrogens is 657 g/mol. The maximum atomic E-state index is 15.5. The molecule has 0 spiro atoms. The number of piperazine rings is 1. The number of sulfonamides is 1. The number of carbonyl (C=O) groups excluding carboxylic acids is 1. The van der Waals surface area contributed by atoms with E-state index in [0.717, 1.165) is 56.3 Å². The Morgan fingerprint density at radius 2 is 1.68 bits per heavy atom. The van der Waals surface area contributed by atoms with E-state index in [1.807, 2.05) is 6.92 Å². The highest BCUT2D eigenvalue weighted by molar-refractivity contribution is 7.93. The van der Waals surface area contributed by atoms with Crippen LogP contribution in [-0.2, 0) is 20.4 Å². The number of hydrogen-bond donors (Lipinski definition) is 0. The van der Waals surface area contributed by atoms with E-state index >= 15 is 4.79 Å². The summed E-state index contributed by atoms with van der Waals surface area (Å²) in [7, 11) is -3.07. The molecule has 2 fully saturated rings. The second-order valence-corrected chi connectivity index (χ2v) is 14.5. The fourth-order valence-electron chi connectivity index (χ4n) is 7.77. The van der Waals surface area contributed by atoms with E-state index in [-0.39, 0.29) is 35.4 Å². The highest BCUT2D eigenvalue weighted by Gasteiger charge is 2.61. The molecule has 0 N–H and O–H groups in total. The number of piperidine rings is 1. The first-order chi connectivity index (χ1) is 24.2. The number of anilines is 1. The topological polar surface area (TPSA) is 129 Å². The van der Waals surface area contributed by atoms with Gasteiger partial charge in [-0.3, -0.25) is 14.6 Å². The molecule has 4 heterocycles. The number of methoxy groups -OCH3 is 1. The van der Waals surface area contributed by atoms with Gasteiger partial charge in [0.2, 0.25) is 5.88 Å². The van der Waals surface area contributed by atoms with Gasteiger partial charge < -0.3 is 19.1 Å². The largest absolute Gasteiger partial charge is 0.497 e. The summed E-state index contributed by atoms with van der Waals surface area (Å²) in [5.74, 6) is 0.0504. The number of aromatic nitrogens is 1. The van der Waals surface area contributed by atoms with Crippen molar-refractivity contribution in [1.82, 2.24) is 19.7 Å². The molecule has 1 atom stereocenters. The van der Waals surface area contributed by atoms with Crippen molar-refractivity contribution in [2.75, 3.05) is 70.4 Å². The molecule has 1 aromatic heterocycles. The van der Waals surface area contributed by atoms with Crippen LogP contribution in [0.5, 0.6) is 17.4 Å². The molecule has 2 saturated heterocycles. The summed E-state index contributed by atoms with van der Waals surface area (Å²) in [6.45, 7) is 12.5. The van der Waals surface area contributed by atoms with Gasteiger partial charge in [-0.1, -0.05) is 6.92 Å². The average Bonchev–Trinajstić information content (AvgIpc) is 3.40. The molecule has 12 nitrogen and oxygen atoms in total. The standard InChI is InChI=1S/C37H46N6O6S/c1-5-17-40-20-22-41(23-21-40)28-14-18-42(19-15-28)37(30-9-8-16-39-35(30)49-7-3)31-24-27(26-38)10-12-32(31)43(36(37)44)50(45,46)34-13-11-29(47-4)25-33(34)48-6-2/h8-13,16,24-25,28H,5-7,14-15,17-23H2,1-4H3. The fourth-order valence-corrected chi connectivity index (χ4v) is 9.34. The molecule has 2 aromatic carbocycles. The van der Waals surface area contributed by atoms with Crippen molar-refractivity contribution in [2.45, 2.75) is 56.5 Å². The molecule has 0 saturated carbocycles. The van der Waals surface area contributed by atoms with Gasteiger partial charge in [-0.25, -0.2) is 17.7 Å². The lowest BCUT2D eigenvalue weighted by molar-refractivity contribution is -0.128. The molecule has 0 radical (unpaired) electrons. The fraction of sp³-hybridized carbons (Fsp3) is 0.486. The van der Waals surface area contributed by atoms with Gasteiger partial charge in [-0.2, -0.15) is 5.26 Å². The molecule has 50 heavy (non-hydrogen) atoms. The van der Waals surface area contributed by atoms with Gasteiger partial charge in [0.1, 0.15) is 16.4 Å². The maximum Gasteiger partial charge on any atom is 0.274 e. The van der Waals surface area contributed by atoms with Gasteiger partial charge in [0.25, 0.3) is 15.9 Å². The van der Waals surface area contributed by atoms with Crippen LogP contribution in [-0.4, -0.2) is 106 Å². The van der Waals surface area contributed by atoms with E-state index in [0.29, 0.717) is 41.6 Å². The van der Waals surface area contributed by atoms with Crippen molar-refractivity contribution in [1.29, 1.82) is 5.26 Å². The summed E-state index contributed by atoms with van der Waals surface area (Å²) in [6.07, 6.45) is 4.32. The zero-order valence-corrected chi connectivity index (χ0v) is 30.1. The third-order valence-electron chi connectivity index (χ3n) is 10.0. The Kier molecular flexibility index (Phi) is 10.6. The maximum absolute atomic E-state index is 15.5. The Labute approximate surface area is 295 Å². The third-order valence-corrected chi connectivity index (χ3v) is 11.8. The van der Waals surface area contributed by atoms with Crippen molar-refractivity contribution < 1.29 is 27.4 Å². The van der Waals surface area contributed by atoms with E-state index in [1.54, 1.807) is 43.5 Å². The van der Waals surface area contributed by atoms with Gasteiger partial charge >= 0.3 is 0 Å². The summed E-state index contributed by atoms with van der Waals surface area (Å²) in [5.41, 5.74) is -0.324. The predicted octanol–water partition coefficient (Wildman–Crippen LogP) is 4.23. The van der Waals surface area contributed by atoms with E-state index in [2.05, 4.69) is 32.7 Å². The number of amides is 1. The van der Waals surface area contributed by atoms with Crippen molar-refractivity contribution >= 4 is 21.6 Å². The Hall–Kier alpha value is -4.22. The minimum absolute atomic E-state index is 0.0728. The molecule has 3 aromatic rings. The van der Waals surface area contributed by atoms with E-state index in [1.165, 1.54) is 25.3 Å². The van der Waals surface area contributed by atoms with Crippen LogP contribution in [0.25, 0.3) is 0 Å². The lowest BCUT2D eigenvalue weighted by atomic mass is 9.80. The summed E-state index contributed by atoms with van der Waals surface area (Å²) >= 11 is 0. The first-order valence-electron chi connectivity index (χ1n) is 17.5. The molecule has 266 valence electrons. The van der Waals surface area contributed by atoms with Crippen LogP contribution < -0.4 is 18.5 Å². The first kappa shape index (κ1) is 35.6. The zero-order chi connectivity index (χ0) is 35.5. The summed E-state index contributed by atoms with van der Waals surface area (Å²) in [5, 5.41) is 10.0. The van der Waals surface area contributed by atoms with Gasteiger partial charge in [0.15, 0.2) is 5.54 Å². The molecule has 1 unspecified atom stereocenters. The second-order valence-electron chi connectivity index (χ2n) is 12.8. The van der Waals surface area contributed by atoms with Crippen LogP contribution in [0.15, 0.2) is 59.6 Å². The van der Waals surface area contributed by atoms with Crippen LogP contribution in [0.2, 0.25) is 0 Å². The monoisotopic (exact) mass is 702 g/mol. The van der Waals surface area contributed by atoms with Gasteiger partial charge in [0, 0.05) is 68.7 Å². The number of nitriles is 1. The summed E-state index contributed by atoms with van der Waals surface area (Å²) in [4.78, 5) is 27.0. The zero-order valence-electron chi connectivity index (χ0n) is 29.3. The number of pyridine rings is 1. The molecule has 0 aliphatic carbocycles. The van der Waals surface area contributed by atoms with Crippen LogP contribution in [0.1, 0.15) is 56.7 Å². The quantitative estimate of drug-likeness (QED) is 0.269. The highest BCUT2D eigenvalue weighted by Crippen LogP contribution is 2.53. The van der Waals surface area contributed by atoms with Crippen molar-refractivity contribution in [3.05, 3.63) is 71.4 Å². The number of likely N-dealkylation sites (tertiary alicyclic amines) is 1. The van der Waals surface area contributed by atoms with E-state index in [9.17, 15) is 13.7 Å². The number of ether oxygens (including phenoxy) is 3. The summed E-state index contributed by atoms with van der Waals surface area (Å²) in [6, 6.07) is 15.2. The molecule has 0 bridgehead atoms. The molecule has 13 heteroatoms. The Morgan fingerprint density at radius 1 is 0.940 bits per heavy atom. The van der Waals surface area contributed by atoms with Crippen molar-refractivity contribution in [3.63, 3.8) is 0 Å². The average molecular weight is 703 g/mol. The first-order valence-corrected chi connectivity index (χ1v) is 18.9. The Morgan fingerprint density at radius 3 is 2.34 bits per heavy atom. The van der Waals surface area contributed by atoms with Gasteiger partial charge in [-0.05, 0) is 82.1 Å². The third kappa shape index (κ3) is 6.19. The number of nitrogens with zero attached hydrogens (tertiary/aromatic N) is 6. The number of fused-ring (bicyclic) bond motifs is 1. The summed E-state index contributed by atoms with van der Waals surface area (Å²) < 4.78 is 47.8. The highest BCUT2D eigenvalue weighted by atomic mass is 32.2. The van der Waals surface area contributed by atoms with E-state index in [4.69, 9.17) is 14.2 Å². The van der Waals surface area contributed by atoms with E-state index < -0.39 is 21.5 Å². The smallest absolute Gasteiger partial charge is 0.274 e. The molecular formula is C37H46N6O6S. The van der Waals surface area contributed by atoms with Crippen LogP contribution >= 0.6 is 0 Å². The molecule has 6 rings (SSSR count). The number of rotatable bonds is 12. The number of hydrogen-bond acceptors (Lipinski definition) is 11. The Bertz CT molecular complexity index is 1850. The van der Waals surface area contributed by atoms with Crippen molar-refractivity contribution in [3.8, 4) is 23.4 Å². The minimum Gasteiger partial charge on any atom is -0.497 e. The van der Waals surface area contributed by atoms with Crippen LogP contribution in [0, 0.1) is 11.3 Å². The normalized spacial score (nSPS) is 20.8. The lowest BCUT2D eigenvalue weighted by Gasteiger charge is -2.47. The van der Waals surface area contributed by atoms with Crippen LogP contribution in [0.4, 0.5) is 5.69 Å². The number of carbonyl (C=O) groups is 1. The van der Waals surface area contributed by atoms with Crippen LogP contribution in [0.3, 0.4) is 0 Å². The minimum atomic E-state index is -4.56. The lowest BCUT2D eigenvalue weighted by Crippen LogP contribution is -2.59.